The maximum Gasteiger partial charge on any atom is 0.320 e. The molecule has 0 aromatic carbocycles. The van der Waals surface area contributed by atoms with E-state index in [0.717, 1.165) is 38.5 Å². The molecule has 0 aromatic heterocycles. The summed E-state index contributed by atoms with van der Waals surface area (Å²) in [5, 5.41) is 0. The molecule has 6 rings (SSSR count). The van der Waals surface area contributed by atoms with Crippen molar-refractivity contribution in [3.05, 3.63) is 0 Å². The third kappa shape index (κ3) is 3.84. The summed E-state index contributed by atoms with van der Waals surface area (Å²) in [7, 11) is 0. The average Bonchev–Trinajstić information content (AvgIpc) is 3.59. The topological polar surface area (TPSA) is 101 Å². The molecule has 0 N–H and O–H groups in total. The third-order valence-corrected chi connectivity index (χ3v) is 9.00. The van der Waals surface area contributed by atoms with Crippen molar-refractivity contribution in [3.8, 4) is 0 Å². The van der Waals surface area contributed by atoms with Gasteiger partial charge in [0.15, 0.2) is 12.2 Å². The number of hydrogen-bond acceptors (Lipinski definition) is 9. The fraction of sp³-hybridized carbons (Fsp3) is 0.880. The van der Waals surface area contributed by atoms with E-state index in [0.29, 0.717) is 32.2 Å². The number of carbonyl (C=O) groups excluding carboxylic acids is 3. The van der Waals surface area contributed by atoms with Gasteiger partial charge in [0.2, 0.25) is 0 Å². The van der Waals surface area contributed by atoms with Gasteiger partial charge in [-0.3, -0.25) is 19.3 Å². The smallest absolute Gasteiger partial charge is 0.320 e. The Bertz CT molecular complexity index is 814. The van der Waals surface area contributed by atoms with Crippen molar-refractivity contribution in [2.24, 2.45) is 17.8 Å². The van der Waals surface area contributed by atoms with Crippen LogP contribution in [-0.4, -0.2) is 85.7 Å². The van der Waals surface area contributed by atoms with Gasteiger partial charge in [-0.1, -0.05) is 19.3 Å². The van der Waals surface area contributed by atoms with E-state index in [9.17, 15) is 14.4 Å². The quantitative estimate of drug-likeness (QED) is 0.417. The number of nitrogens with zero attached hydrogens (tertiary/aromatic N) is 1. The number of ether oxygens (including phenoxy) is 5. The second kappa shape index (κ2) is 9.06. The summed E-state index contributed by atoms with van der Waals surface area (Å²) >= 11 is 0. The van der Waals surface area contributed by atoms with E-state index in [1.807, 2.05) is 4.90 Å². The molecular weight excluding hydrogens is 442 g/mol. The summed E-state index contributed by atoms with van der Waals surface area (Å²) in [4.78, 5) is 41.0. The molecule has 0 radical (unpaired) electrons. The van der Waals surface area contributed by atoms with Crippen LogP contribution in [-0.2, 0) is 38.1 Å². The molecule has 2 saturated carbocycles. The largest absolute Gasteiger partial charge is 0.458 e. The predicted octanol–water partition coefficient (Wildman–Crippen LogP) is 1.61. The molecule has 6 atom stereocenters. The van der Waals surface area contributed by atoms with Crippen molar-refractivity contribution in [2.45, 2.75) is 87.8 Å². The van der Waals surface area contributed by atoms with Crippen molar-refractivity contribution in [1.82, 2.24) is 4.90 Å². The molecular formula is C25H35NO8. The van der Waals surface area contributed by atoms with Crippen LogP contribution < -0.4 is 0 Å². The number of hydrogen-bond donors (Lipinski definition) is 0. The van der Waals surface area contributed by atoms with Crippen LogP contribution in [0, 0.1) is 17.8 Å². The minimum Gasteiger partial charge on any atom is -0.458 e. The third-order valence-electron chi connectivity index (χ3n) is 9.00. The lowest BCUT2D eigenvalue weighted by Gasteiger charge is -2.40. The van der Waals surface area contributed by atoms with Crippen LogP contribution in [0.15, 0.2) is 0 Å². The van der Waals surface area contributed by atoms with E-state index in [4.69, 9.17) is 23.7 Å². The van der Waals surface area contributed by atoms with Gasteiger partial charge in [-0.25, -0.2) is 0 Å². The van der Waals surface area contributed by atoms with Gasteiger partial charge in [0.05, 0.1) is 19.8 Å². The maximum absolute atomic E-state index is 13.6. The molecule has 4 aliphatic heterocycles. The Labute approximate surface area is 199 Å². The number of morpholine rings is 1. The standard InChI is InChI=1S/C25H35NO8/c27-16(14-26-10-12-30-13-11-26)31-21-20-18(17-19(32-20)22(21)33-23(17)28)24(29)34-25(8-4-5-9-25)15-6-2-1-3-7-15/h15,17-22H,1-14H2. The van der Waals surface area contributed by atoms with Gasteiger partial charge >= 0.3 is 17.9 Å². The molecule has 2 bridgehead atoms. The van der Waals surface area contributed by atoms with E-state index in [1.54, 1.807) is 0 Å². The zero-order valence-corrected chi connectivity index (χ0v) is 19.7. The molecule has 2 aliphatic carbocycles. The van der Waals surface area contributed by atoms with E-state index in [-0.39, 0.29) is 12.5 Å². The average molecular weight is 478 g/mol. The highest BCUT2D eigenvalue weighted by molar-refractivity contribution is 5.87. The van der Waals surface area contributed by atoms with Crippen LogP contribution in [0.3, 0.4) is 0 Å². The normalized spacial score (nSPS) is 39.2. The van der Waals surface area contributed by atoms with E-state index >= 15 is 0 Å². The van der Waals surface area contributed by atoms with Gasteiger partial charge < -0.3 is 23.7 Å². The number of fused-ring (bicyclic) bond motifs is 1. The van der Waals surface area contributed by atoms with Crippen molar-refractivity contribution in [3.63, 3.8) is 0 Å². The Kier molecular flexibility index (Phi) is 6.06. The van der Waals surface area contributed by atoms with Crippen LogP contribution in [0.5, 0.6) is 0 Å². The number of carbonyl (C=O) groups is 3. The Hall–Kier alpha value is -1.71. The molecule has 0 amide bonds. The van der Waals surface area contributed by atoms with Crippen molar-refractivity contribution >= 4 is 17.9 Å². The minimum absolute atomic E-state index is 0.140. The van der Waals surface area contributed by atoms with Crippen LogP contribution in [0.25, 0.3) is 0 Å². The molecule has 6 fully saturated rings. The Morgan fingerprint density at radius 2 is 1.71 bits per heavy atom. The first-order valence-corrected chi connectivity index (χ1v) is 13.1. The highest BCUT2D eigenvalue weighted by Gasteiger charge is 2.72. The Balaban J connectivity index is 1.17. The summed E-state index contributed by atoms with van der Waals surface area (Å²) in [6.45, 7) is 2.65. The summed E-state index contributed by atoms with van der Waals surface area (Å²) in [5.74, 6) is -2.28. The zero-order chi connectivity index (χ0) is 23.3. The molecule has 4 heterocycles. The molecule has 0 aromatic rings. The maximum atomic E-state index is 13.6. The van der Waals surface area contributed by atoms with Crippen LogP contribution in [0.4, 0.5) is 0 Å². The lowest BCUT2D eigenvalue weighted by molar-refractivity contribution is -0.180. The van der Waals surface area contributed by atoms with E-state index in [1.165, 1.54) is 19.3 Å². The van der Waals surface area contributed by atoms with E-state index in [2.05, 4.69) is 0 Å². The van der Waals surface area contributed by atoms with E-state index < -0.39 is 53.8 Å². The monoisotopic (exact) mass is 477 g/mol. The molecule has 6 unspecified atom stereocenters. The predicted molar refractivity (Wildman–Crippen MR) is 117 cm³/mol. The van der Waals surface area contributed by atoms with Gasteiger partial charge in [-0.2, -0.15) is 0 Å². The molecule has 6 aliphatic rings. The second-order valence-electron chi connectivity index (χ2n) is 10.9. The van der Waals surface area contributed by atoms with Crippen LogP contribution in [0.2, 0.25) is 0 Å². The highest BCUT2D eigenvalue weighted by atomic mass is 16.7. The lowest BCUT2D eigenvalue weighted by Crippen LogP contribution is -2.51. The van der Waals surface area contributed by atoms with Gasteiger partial charge in [-0.15, -0.1) is 0 Å². The highest BCUT2D eigenvalue weighted by Crippen LogP contribution is 2.53. The van der Waals surface area contributed by atoms with Gasteiger partial charge in [-0.05, 0) is 44.4 Å². The molecule has 34 heavy (non-hydrogen) atoms. The van der Waals surface area contributed by atoms with Crippen molar-refractivity contribution in [2.75, 3.05) is 32.8 Å². The van der Waals surface area contributed by atoms with Crippen molar-refractivity contribution < 1.29 is 38.1 Å². The minimum atomic E-state index is -0.779. The first-order valence-electron chi connectivity index (χ1n) is 13.1. The van der Waals surface area contributed by atoms with Crippen LogP contribution in [0.1, 0.15) is 57.8 Å². The van der Waals surface area contributed by atoms with Crippen molar-refractivity contribution in [1.29, 1.82) is 0 Å². The second-order valence-corrected chi connectivity index (χ2v) is 10.9. The first-order chi connectivity index (χ1) is 16.6. The van der Waals surface area contributed by atoms with Crippen LogP contribution >= 0.6 is 0 Å². The fourth-order valence-electron chi connectivity index (χ4n) is 7.33. The molecule has 9 heteroatoms. The van der Waals surface area contributed by atoms with Gasteiger partial charge in [0.1, 0.15) is 29.6 Å². The lowest BCUT2D eigenvalue weighted by atomic mass is 9.75. The summed E-state index contributed by atoms with van der Waals surface area (Å²) in [5.41, 5.74) is -0.427. The molecule has 0 spiro atoms. The fourth-order valence-corrected chi connectivity index (χ4v) is 7.33. The van der Waals surface area contributed by atoms with Gasteiger partial charge in [0.25, 0.3) is 0 Å². The van der Waals surface area contributed by atoms with Gasteiger partial charge in [0, 0.05) is 13.1 Å². The Morgan fingerprint density at radius 1 is 0.971 bits per heavy atom. The first kappa shape index (κ1) is 22.7. The summed E-state index contributed by atoms with van der Waals surface area (Å²) in [6.07, 6.45) is 7.03. The molecule has 4 saturated heterocycles. The zero-order valence-electron chi connectivity index (χ0n) is 19.7. The summed E-state index contributed by atoms with van der Waals surface area (Å²) in [6, 6.07) is 0. The summed E-state index contributed by atoms with van der Waals surface area (Å²) < 4.78 is 29.1. The number of esters is 3. The number of rotatable bonds is 6. The SMILES string of the molecule is O=C(CN1CCOCC1)OC1C2OC(=O)C3C2OC1C3C(=O)OC1(C2CCCCC2)CCCC1. The molecule has 188 valence electrons. The Morgan fingerprint density at radius 3 is 2.44 bits per heavy atom. The molecule has 9 nitrogen and oxygen atoms in total.